The molecule has 2 N–H and O–H groups in total. The SMILES string of the molecule is C#CCC(CC)NCc1cc[nH]c1. The van der Waals surface area contributed by atoms with Crippen LogP contribution in [0, 0.1) is 12.3 Å². The van der Waals surface area contributed by atoms with Crippen molar-refractivity contribution in [2.75, 3.05) is 0 Å². The molecule has 0 aromatic carbocycles. The van der Waals surface area contributed by atoms with E-state index in [1.807, 2.05) is 12.4 Å². The van der Waals surface area contributed by atoms with Gasteiger partial charge in [0.15, 0.2) is 0 Å². The molecule has 1 aromatic rings. The number of rotatable bonds is 5. The zero-order valence-corrected chi connectivity index (χ0v) is 8.01. The van der Waals surface area contributed by atoms with Crippen LogP contribution in [0.5, 0.6) is 0 Å². The predicted molar refractivity (Wildman–Crippen MR) is 55.2 cm³/mol. The Morgan fingerprint density at radius 1 is 1.69 bits per heavy atom. The van der Waals surface area contributed by atoms with Crippen LogP contribution >= 0.6 is 0 Å². The lowest BCUT2D eigenvalue weighted by Crippen LogP contribution is -2.27. The highest BCUT2D eigenvalue weighted by Gasteiger charge is 2.02. The number of aromatic nitrogens is 1. The first-order valence-electron chi connectivity index (χ1n) is 4.65. The van der Waals surface area contributed by atoms with Crippen LogP contribution in [-0.2, 0) is 6.54 Å². The third-order valence-electron chi connectivity index (χ3n) is 2.11. The van der Waals surface area contributed by atoms with Crippen molar-refractivity contribution in [1.82, 2.24) is 10.3 Å². The Kier molecular flexibility index (Phi) is 4.14. The molecule has 0 saturated carbocycles. The fourth-order valence-corrected chi connectivity index (χ4v) is 1.23. The van der Waals surface area contributed by atoms with Gasteiger partial charge in [0, 0.05) is 31.4 Å². The number of terminal acetylenes is 1. The van der Waals surface area contributed by atoms with Crippen LogP contribution in [0.3, 0.4) is 0 Å². The van der Waals surface area contributed by atoms with Crippen LogP contribution < -0.4 is 5.32 Å². The van der Waals surface area contributed by atoms with Gasteiger partial charge < -0.3 is 10.3 Å². The molecular weight excluding hydrogens is 160 g/mol. The van der Waals surface area contributed by atoms with E-state index in [4.69, 9.17) is 6.42 Å². The Morgan fingerprint density at radius 3 is 3.08 bits per heavy atom. The monoisotopic (exact) mass is 176 g/mol. The molecule has 70 valence electrons. The fraction of sp³-hybridized carbons (Fsp3) is 0.455. The largest absolute Gasteiger partial charge is 0.367 e. The van der Waals surface area contributed by atoms with Crippen molar-refractivity contribution in [3.05, 3.63) is 24.0 Å². The van der Waals surface area contributed by atoms with E-state index in [1.165, 1.54) is 5.56 Å². The van der Waals surface area contributed by atoms with Gasteiger partial charge in [-0.15, -0.1) is 12.3 Å². The fourth-order valence-electron chi connectivity index (χ4n) is 1.23. The molecule has 0 saturated heterocycles. The molecule has 0 aliphatic heterocycles. The Labute approximate surface area is 79.7 Å². The van der Waals surface area contributed by atoms with Crippen LogP contribution in [0.2, 0.25) is 0 Å². The van der Waals surface area contributed by atoms with Crippen molar-refractivity contribution in [1.29, 1.82) is 0 Å². The maximum Gasteiger partial charge on any atom is 0.0240 e. The summed E-state index contributed by atoms with van der Waals surface area (Å²) in [7, 11) is 0. The lowest BCUT2D eigenvalue weighted by atomic mass is 10.1. The van der Waals surface area contributed by atoms with Gasteiger partial charge in [0.2, 0.25) is 0 Å². The smallest absolute Gasteiger partial charge is 0.0240 e. The first-order valence-corrected chi connectivity index (χ1v) is 4.65. The first kappa shape index (κ1) is 9.88. The molecule has 0 aliphatic rings. The van der Waals surface area contributed by atoms with Crippen molar-refractivity contribution in [3.63, 3.8) is 0 Å². The van der Waals surface area contributed by atoms with Crippen molar-refractivity contribution >= 4 is 0 Å². The van der Waals surface area contributed by atoms with Gasteiger partial charge in [-0.1, -0.05) is 6.92 Å². The predicted octanol–water partition coefficient (Wildman–Crippen LogP) is 1.91. The average molecular weight is 176 g/mol. The first-order chi connectivity index (χ1) is 6.36. The maximum atomic E-state index is 5.26. The van der Waals surface area contributed by atoms with Gasteiger partial charge in [0.25, 0.3) is 0 Å². The molecule has 1 unspecified atom stereocenters. The van der Waals surface area contributed by atoms with Crippen LogP contribution in [-0.4, -0.2) is 11.0 Å². The van der Waals surface area contributed by atoms with E-state index in [0.29, 0.717) is 6.04 Å². The van der Waals surface area contributed by atoms with Gasteiger partial charge in [-0.2, -0.15) is 0 Å². The van der Waals surface area contributed by atoms with Gasteiger partial charge in [-0.05, 0) is 18.1 Å². The van der Waals surface area contributed by atoms with Gasteiger partial charge in [-0.25, -0.2) is 0 Å². The molecule has 0 amide bonds. The van der Waals surface area contributed by atoms with Gasteiger partial charge in [-0.3, -0.25) is 0 Å². The molecule has 0 radical (unpaired) electrons. The van der Waals surface area contributed by atoms with Crippen molar-refractivity contribution in [2.24, 2.45) is 0 Å². The summed E-state index contributed by atoms with van der Waals surface area (Å²) in [5.74, 6) is 2.68. The summed E-state index contributed by atoms with van der Waals surface area (Å²) < 4.78 is 0. The van der Waals surface area contributed by atoms with Gasteiger partial charge in [0.1, 0.15) is 0 Å². The molecule has 13 heavy (non-hydrogen) atoms. The number of hydrogen-bond acceptors (Lipinski definition) is 1. The standard InChI is InChI=1S/C11H16N2/c1-3-5-11(4-2)13-9-10-6-7-12-8-10/h1,6-8,11-13H,4-5,9H2,2H3. The van der Waals surface area contributed by atoms with E-state index < -0.39 is 0 Å². The van der Waals surface area contributed by atoms with E-state index in [0.717, 1.165) is 19.4 Å². The average Bonchev–Trinajstić information content (AvgIpc) is 2.64. The van der Waals surface area contributed by atoms with E-state index in [1.54, 1.807) is 0 Å². The number of aromatic amines is 1. The van der Waals surface area contributed by atoms with E-state index >= 15 is 0 Å². The van der Waals surface area contributed by atoms with E-state index in [9.17, 15) is 0 Å². The molecule has 0 fully saturated rings. The second-order valence-corrected chi connectivity index (χ2v) is 3.11. The summed E-state index contributed by atoms with van der Waals surface area (Å²) >= 11 is 0. The summed E-state index contributed by atoms with van der Waals surface area (Å²) in [5, 5.41) is 3.41. The molecule has 2 nitrogen and oxygen atoms in total. The minimum atomic E-state index is 0.444. The molecular formula is C11H16N2. The molecule has 1 atom stereocenters. The van der Waals surface area contributed by atoms with Crippen molar-refractivity contribution in [3.8, 4) is 12.3 Å². The molecule has 1 aromatic heterocycles. The third kappa shape index (κ3) is 3.35. The molecule has 0 bridgehead atoms. The maximum absolute atomic E-state index is 5.26. The molecule has 1 heterocycles. The van der Waals surface area contributed by atoms with Crippen molar-refractivity contribution < 1.29 is 0 Å². The zero-order valence-electron chi connectivity index (χ0n) is 8.01. The minimum Gasteiger partial charge on any atom is -0.367 e. The third-order valence-corrected chi connectivity index (χ3v) is 2.11. The van der Waals surface area contributed by atoms with Gasteiger partial charge in [0.05, 0.1) is 0 Å². The number of nitrogens with one attached hydrogen (secondary N) is 2. The van der Waals surface area contributed by atoms with Crippen LogP contribution in [0.1, 0.15) is 25.3 Å². The summed E-state index contributed by atoms with van der Waals surface area (Å²) in [6.45, 7) is 3.04. The van der Waals surface area contributed by atoms with Crippen molar-refractivity contribution in [2.45, 2.75) is 32.4 Å². The Bertz CT molecular complexity index is 256. The highest BCUT2D eigenvalue weighted by atomic mass is 14.9. The second kappa shape index (κ2) is 5.45. The Morgan fingerprint density at radius 2 is 2.54 bits per heavy atom. The Hall–Kier alpha value is -1.20. The van der Waals surface area contributed by atoms with Crippen LogP contribution in [0.25, 0.3) is 0 Å². The number of hydrogen-bond donors (Lipinski definition) is 2. The highest BCUT2D eigenvalue weighted by Crippen LogP contribution is 2.00. The van der Waals surface area contributed by atoms with Gasteiger partial charge >= 0.3 is 0 Å². The quantitative estimate of drug-likeness (QED) is 0.659. The summed E-state index contributed by atoms with van der Waals surface area (Å²) in [6.07, 6.45) is 11.1. The molecule has 0 aliphatic carbocycles. The second-order valence-electron chi connectivity index (χ2n) is 3.11. The normalized spacial score (nSPS) is 12.3. The lowest BCUT2D eigenvalue weighted by molar-refractivity contribution is 0.507. The zero-order chi connectivity index (χ0) is 9.52. The van der Waals surface area contributed by atoms with Crippen LogP contribution in [0.15, 0.2) is 18.5 Å². The molecule has 2 heteroatoms. The van der Waals surface area contributed by atoms with Crippen LogP contribution in [0.4, 0.5) is 0 Å². The summed E-state index contributed by atoms with van der Waals surface area (Å²) in [5.41, 5.74) is 1.27. The summed E-state index contributed by atoms with van der Waals surface area (Å²) in [4.78, 5) is 3.02. The molecule has 0 spiro atoms. The highest BCUT2D eigenvalue weighted by molar-refractivity contribution is 5.08. The lowest BCUT2D eigenvalue weighted by Gasteiger charge is -2.12. The van der Waals surface area contributed by atoms with E-state index in [-0.39, 0.29) is 0 Å². The van der Waals surface area contributed by atoms with E-state index in [2.05, 4.69) is 29.2 Å². The topological polar surface area (TPSA) is 27.8 Å². The Balaban J connectivity index is 2.28. The minimum absolute atomic E-state index is 0.444. The summed E-state index contributed by atoms with van der Waals surface area (Å²) in [6, 6.07) is 2.51. The molecule has 1 rings (SSSR count). The number of H-pyrrole nitrogens is 1.